The molecule has 0 amide bonds. The van der Waals surface area contributed by atoms with Gasteiger partial charge in [0.25, 0.3) is 0 Å². The van der Waals surface area contributed by atoms with Crippen molar-refractivity contribution in [3.05, 3.63) is 0 Å². The van der Waals surface area contributed by atoms with Crippen molar-refractivity contribution in [2.24, 2.45) is 0 Å². The van der Waals surface area contributed by atoms with Crippen LogP contribution in [0.2, 0.25) is 0 Å². The van der Waals surface area contributed by atoms with E-state index in [1.807, 2.05) is 0 Å². The van der Waals surface area contributed by atoms with Gasteiger partial charge in [0, 0.05) is 52.4 Å². The topological polar surface area (TPSA) is 31.4 Å². The van der Waals surface area contributed by atoms with E-state index in [-0.39, 0.29) is 0 Å². The second kappa shape index (κ2) is 7.72. The van der Waals surface area contributed by atoms with E-state index in [0.29, 0.717) is 0 Å². The van der Waals surface area contributed by atoms with E-state index in [9.17, 15) is 0 Å². The lowest BCUT2D eigenvalue weighted by Gasteiger charge is -2.43. The Morgan fingerprint density at radius 1 is 0.500 bits per heavy atom. The minimum absolute atomic E-state index is 0.779. The van der Waals surface area contributed by atoms with Gasteiger partial charge in [0.05, 0.1) is 26.4 Å². The summed E-state index contributed by atoms with van der Waals surface area (Å²) in [5, 5.41) is 1.94. The van der Waals surface area contributed by atoms with Gasteiger partial charge in [0.2, 0.25) is 0 Å². The maximum absolute atomic E-state index is 5.64. The van der Waals surface area contributed by atoms with Crippen molar-refractivity contribution in [3.8, 4) is 0 Å². The highest BCUT2D eigenvalue weighted by molar-refractivity contribution is 7.80. The highest BCUT2D eigenvalue weighted by Crippen LogP contribution is 2.11. The fraction of sp³-hybridized carbons (Fsp3) is 0.857. The average Bonchev–Trinajstić information content (AvgIpc) is 2.62. The summed E-state index contributed by atoms with van der Waals surface area (Å²) in [7, 11) is 0. The third kappa shape index (κ3) is 3.79. The van der Waals surface area contributed by atoms with Gasteiger partial charge in [-0.05, 0) is 24.4 Å². The summed E-state index contributed by atoms with van der Waals surface area (Å²) in [4.78, 5) is 9.13. The highest BCUT2D eigenvalue weighted by atomic mass is 32.1. The molecule has 0 aromatic heterocycles. The van der Waals surface area contributed by atoms with Gasteiger partial charge in [-0.1, -0.05) is 0 Å². The van der Waals surface area contributed by atoms with Crippen molar-refractivity contribution in [2.45, 2.75) is 0 Å². The molecule has 0 aromatic carbocycles. The standard InChI is InChI=1S/C14H24N4O2S2/c21-13(17-5-9-19-10-6-17)15-1-2-16(4-3-15)14(22)18-7-11-20-12-8-18/h1-12H2. The van der Waals surface area contributed by atoms with E-state index >= 15 is 0 Å². The predicted molar refractivity (Wildman–Crippen MR) is 93.1 cm³/mol. The van der Waals surface area contributed by atoms with Crippen molar-refractivity contribution < 1.29 is 9.47 Å². The van der Waals surface area contributed by atoms with E-state index in [1.165, 1.54) is 0 Å². The zero-order valence-corrected chi connectivity index (χ0v) is 14.5. The Balaban J connectivity index is 1.47. The first-order chi connectivity index (χ1) is 10.8. The van der Waals surface area contributed by atoms with E-state index in [4.69, 9.17) is 33.9 Å². The molecule has 0 aliphatic carbocycles. The van der Waals surface area contributed by atoms with E-state index < -0.39 is 0 Å². The fourth-order valence-corrected chi connectivity index (χ4v) is 3.73. The van der Waals surface area contributed by atoms with Gasteiger partial charge in [0.1, 0.15) is 0 Å². The number of hydrogen-bond acceptors (Lipinski definition) is 4. The van der Waals surface area contributed by atoms with Crippen molar-refractivity contribution in [3.63, 3.8) is 0 Å². The van der Waals surface area contributed by atoms with Crippen LogP contribution in [0.1, 0.15) is 0 Å². The zero-order valence-electron chi connectivity index (χ0n) is 12.9. The van der Waals surface area contributed by atoms with Crippen LogP contribution in [0.3, 0.4) is 0 Å². The van der Waals surface area contributed by atoms with Gasteiger partial charge in [-0.15, -0.1) is 0 Å². The van der Waals surface area contributed by atoms with Crippen LogP contribution in [0.25, 0.3) is 0 Å². The summed E-state index contributed by atoms with van der Waals surface area (Å²) in [5.41, 5.74) is 0. The van der Waals surface area contributed by atoms with Crippen LogP contribution in [0.5, 0.6) is 0 Å². The van der Waals surface area contributed by atoms with Gasteiger partial charge in [-0.25, -0.2) is 0 Å². The van der Waals surface area contributed by atoms with E-state index in [1.54, 1.807) is 0 Å². The first kappa shape index (κ1) is 16.2. The van der Waals surface area contributed by atoms with Crippen molar-refractivity contribution in [1.82, 2.24) is 19.6 Å². The molecule has 6 nitrogen and oxygen atoms in total. The molecule has 3 heterocycles. The minimum Gasteiger partial charge on any atom is -0.378 e. The molecule has 0 bridgehead atoms. The Hall–Kier alpha value is -0.700. The summed E-state index contributed by atoms with van der Waals surface area (Å²) in [5.74, 6) is 0. The van der Waals surface area contributed by atoms with Crippen molar-refractivity contribution in [2.75, 3.05) is 78.8 Å². The lowest BCUT2D eigenvalue weighted by atomic mass is 10.3. The van der Waals surface area contributed by atoms with Gasteiger partial charge < -0.3 is 29.1 Å². The van der Waals surface area contributed by atoms with Crippen LogP contribution < -0.4 is 0 Å². The average molecular weight is 345 g/mol. The molecule has 0 saturated carbocycles. The molecule has 0 unspecified atom stereocenters. The molecule has 124 valence electrons. The fourth-order valence-electron chi connectivity index (χ4n) is 3.00. The normalized spacial score (nSPS) is 23.6. The highest BCUT2D eigenvalue weighted by Gasteiger charge is 2.26. The molecule has 3 rings (SSSR count). The number of ether oxygens (including phenoxy) is 2. The Bertz CT molecular complexity index is 366. The minimum atomic E-state index is 0.779. The van der Waals surface area contributed by atoms with E-state index in [0.717, 1.165) is 89.0 Å². The number of morpholine rings is 2. The molecule has 0 aromatic rings. The summed E-state index contributed by atoms with van der Waals surface area (Å²) in [6, 6.07) is 0. The summed E-state index contributed by atoms with van der Waals surface area (Å²) in [6.45, 7) is 10.5. The second-order valence-electron chi connectivity index (χ2n) is 5.74. The molecule has 8 heteroatoms. The Labute approximate surface area is 142 Å². The smallest absolute Gasteiger partial charge is 0.171 e. The van der Waals surface area contributed by atoms with Gasteiger partial charge in [-0.3, -0.25) is 0 Å². The lowest BCUT2D eigenvalue weighted by molar-refractivity contribution is 0.0585. The Morgan fingerprint density at radius 3 is 1.09 bits per heavy atom. The first-order valence-electron chi connectivity index (χ1n) is 7.99. The van der Waals surface area contributed by atoms with Gasteiger partial charge >= 0.3 is 0 Å². The molecule has 3 aliphatic heterocycles. The predicted octanol–water partition coefficient (Wildman–Crippen LogP) is -0.162. The van der Waals surface area contributed by atoms with Crippen LogP contribution in [-0.2, 0) is 9.47 Å². The monoisotopic (exact) mass is 344 g/mol. The third-order valence-electron chi connectivity index (χ3n) is 4.38. The largest absolute Gasteiger partial charge is 0.378 e. The molecule has 0 spiro atoms. The number of rotatable bonds is 0. The van der Waals surface area contributed by atoms with E-state index in [2.05, 4.69) is 19.6 Å². The van der Waals surface area contributed by atoms with Crippen LogP contribution >= 0.6 is 24.4 Å². The Kier molecular flexibility index (Phi) is 5.67. The summed E-state index contributed by atoms with van der Waals surface area (Å²) in [6.07, 6.45) is 0. The van der Waals surface area contributed by atoms with Crippen LogP contribution in [0, 0.1) is 0 Å². The second-order valence-corrected chi connectivity index (χ2v) is 6.47. The SMILES string of the molecule is S=C(N1CCOCC1)N1CCN(C(=S)N2CCOCC2)CC1. The number of thiocarbonyl (C=S) groups is 2. The van der Waals surface area contributed by atoms with Crippen LogP contribution in [0.4, 0.5) is 0 Å². The Morgan fingerprint density at radius 2 is 0.773 bits per heavy atom. The molecular weight excluding hydrogens is 320 g/mol. The molecule has 0 N–H and O–H groups in total. The zero-order chi connectivity index (χ0) is 15.4. The maximum Gasteiger partial charge on any atom is 0.171 e. The summed E-state index contributed by atoms with van der Waals surface area (Å²) < 4.78 is 10.8. The van der Waals surface area contributed by atoms with Crippen molar-refractivity contribution in [1.29, 1.82) is 0 Å². The first-order valence-corrected chi connectivity index (χ1v) is 8.80. The molecular formula is C14H24N4O2S2. The number of nitrogens with zero attached hydrogens (tertiary/aromatic N) is 4. The quantitative estimate of drug-likeness (QED) is 0.561. The number of hydrogen-bond donors (Lipinski definition) is 0. The van der Waals surface area contributed by atoms with Crippen LogP contribution in [0.15, 0.2) is 0 Å². The maximum atomic E-state index is 5.64. The molecule has 3 fully saturated rings. The van der Waals surface area contributed by atoms with Gasteiger partial charge in [-0.2, -0.15) is 0 Å². The van der Waals surface area contributed by atoms with Crippen LogP contribution in [-0.4, -0.2) is 109 Å². The lowest BCUT2D eigenvalue weighted by Crippen LogP contribution is -2.58. The summed E-state index contributed by atoms with van der Waals surface area (Å²) >= 11 is 11.3. The molecule has 3 aliphatic rings. The molecule has 3 saturated heterocycles. The molecule has 0 radical (unpaired) electrons. The van der Waals surface area contributed by atoms with Gasteiger partial charge in [0.15, 0.2) is 10.2 Å². The van der Waals surface area contributed by atoms with Crippen molar-refractivity contribution >= 4 is 34.7 Å². The number of piperazine rings is 1. The molecule has 0 atom stereocenters. The third-order valence-corrected chi connectivity index (χ3v) is 5.42. The molecule has 22 heavy (non-hydrogen) atoms.